The lowest BCUT2D eigenvalue weighted by Crippen LogP contribution is -2.42. The Kier molecular flexibility index (Phi) is 4.36. The second kappa shape index (κ2) is 5.67. The fourth-order valence-electron chi connectivity index (χ4n) is 2.48. The topological polar surface area (TPSA) is 51.3 Å². The van der Waals surface area contributed by atoms with Gasteiger partial charge in [0.25, 0.3) is 0 Å². The predicted molar refractivity (Wildman–Crippen MR) is 70.8 cm³/mol. The number of hydrogen-bond acceptors (Lipinski definition) is 4. The van der Waals surface area contributed by atoms with Crippen LogP contribution in [-0.4, -0.2) is 48.7 Å². The van der Waals surface area contributed by atoms with Gasteiger partial charge in [-0.3, -0.25) is 0 Å². The summed E-state index contributed by atoms with van der Waals surface area (Å²) >= 11 is 0. The third-order valence-electron chi connectivity index (χ3n) is 3.47. The highest BCUT2D eigenvalue weighted by Crippen LogP contribution is 2.36. The van der Waals surface area contributed by atoms with Gasteiger partial charge in [0.15, 0.2) is 6.29 Å². The maximum Gasteiger partial charge on any atom is 0.410 e. The molecule has 110 valence electrons. The summed E-state index contributed by atoms with van der Waals surface area (Å²) < 4.78 is 16.3. The number of likely N-dealkylation sites (tertiary alicyclic amines) is 1. The second-order valence-corrected chi connectivity index (χ2v) is 6.23. The molecule has 0 aliphatic carbocycles. The fraction of sp³-hybridized carbons (Fsp3) is 0.929. The Labute approximate surface area is 115 Å². The average molecular weight is 271 g/mol. The Morgan fingerprint density at radius 3 is 2.47 bits per heavy atom. The van der Waals surface area contributed by atoms with E-state index in [2.05, 4.69) is 0 Å². The molecule has 1 amide bonds. The van der Waals surface area contributed by atoms with E-state index >= 15 is 0 Å². The zero-order valence-electron chi connectivity index (χ0n) is 12.3. The molecule has 5 heteroatoms. The molecule has 0 N–H and O–H groups in total. The number of hydrogen-bond donors (Lipinski definition) is 0. The van der Waals surface area contributed by atoms with Crippen molar-refractivity contribution in [2.75, 3.05) is 19.7 Å². The van der Waals surface area contributed by atoms with Crippen LogP contribution >= 0.6 is 0 Å². The molecule has 2 fully saturated rings. The second-order valence-electron chi connectivity index (χ2n) is 6.23. The Bertz CT molecular complexity index is 318. The highest BCUT2D eigenvalue weighted by atomic mass is 16.8. The third kappa shape index (κ3) is 4.08. The molecule has 5 nitrogen and oxygen atoms in total. The van der Waals surface area contributed by atoms with Crippen LogP contribution < -0.4 is 0 Å². The van der Waals surface area contributed by atoms with Gasteiger partial charge in [0, 0.05) is 19.7 Å². The number of rotatable bonds is 3. The van der Waals surface area contributed by atoms with Crippen molar-refractivity contribution in [1.29, 1.82) is 0 Å². The smallest absolute Gasteiger partial charge is 0.410 e. The van der Waals surface area contributed by atoms with Crippen LogP contribution in [0, 0.1) is 5.92 Å². The molecule has 2 aliphatic rings. The molecule has 2 rings (SSSR count). The molecule has 2 saturated heterocycles. The van der Waals surface area contributed by atoms with Gasteiger partial charge in [0.05, 0.1) is 0 Å². The first-order valence-electron chi connectivity index (χ1n) is 7.15. The Morgan fingerprint density at radius 1 is 1.32 bits per heavy atom. The SMILES string of the molecule is CCOC1OC1C1CCN(C(=O)OC(C)(C)C)CC1. The molecular weight excluding hydrogens is 246 g/mol. The molecule has 2 unspecified atom stereocenters. The van der Waals surface area contributed by atoms with Crippen LogP contribution in [0.2, 0.25) is 0 Å². The van der Waals surface area contributed by atoms with Crippen molar-refractivity contribution in [3.05, 3.63) is 0 Å². The largest absolute Gasteiger partial charge is 0.444 e. The van der Waals surface area contributed by atoms with E-state index in [0.29, 0.717) is 12.5 Å². The van der Waals surface area contributed by atoms with Gasteiger partial charge in [0.2, 0.25) is 0 Å². The molecular formula is C14H25NO4. The van der Waals surface area contributed by atoms with E-state index in [0.717, 1.165) is 25.9 Å². The van der Waals surface area contributed by atoms with Crippen molar-refractivity contribution >= 4 is 6.09 Å². The first-order valence-corrected chi connectivity index (χ1v) is 7.15. The Morgan fingerprint density at radius 2 is 1.95 bits per heavy atom. The van der Waals surface area contributed by atoms with Crippen LogP contribution in [0.15, 0.2) is 0 Å². The average Bonchev–Trinajstić information content (AvgIpc) is 3.07. The van der Waals surface area contributed by atoms with E-state index < -0.39 is 5.60 Å². The highest BCUT2D eigenvalue weighted by Gasteiger charge is 2.46. The molecule has 19 heavy (non-hydrogen) atoms. The fourth-order valence-corrected chi connectivity index (χ4v) is 2.48. The molecule has 0 aromatic carbocycles. The molecule has 0 spiro atoms. The van der Waals surface area contributed by atoms with Crippen LogP contribution in [0.5, 0.6) is 0 Å². The van der Waals surface area contributed by atoms with Crippen LogP contribution in [0.25, 0.3) is 0 Å². The molecule has 0 saturated carbocycles. The van der Waals surface area contributed by atoms with Gasteiger partial charge < -0.3 is 19.1 Å². The molecule has 0 aromatic rings. The van der Waals surface area contributed by atoms with Crippen molar-refractivity contribution in [2.45, 2.75) is 58.5 Å². The molecule has 2 heterocycles. The lowest BCUT2D eigenvalue weighted by atomic mass is 9.93. The summed E-state index contributed by atoms with van der Waals surface area (Å²) in [4.78, 5) is 13.7. The molecule has 0 aromatic heterocycles. The Hall–Kier alpha value is -0.810. The number of carbonyl (C=O) groups excluding carboxylic acids is 1. The lowest BCUT2D eigenvalue weighted by molar-refractivity contribution is 0.0173. The normalized spacial score (nSPS) is 28.3. The van der Waals surface area contributed by atoms with E-state index in [1.165, 1.54) is 0 Å². The molecule has 2 atom stereocenters. The first-order chi connectivity index (χ1) is 8.90. The highest BCUT2D eigenvalue weighted by molar-refractivity contribution is 5.68. The summed E-state index contributed by atoms with van der Waals surface area (Å²) in [6.07, 6.45) is 1.95. The summed E-state index contributed by atoms with van der Waals surface area (Å²) in [6.45, 7) is 9.84. The monoisotopic (exact) mass is 271 g/mol. The van der Waals surface area contributed by atoms with Gasteiger partial charge in [-0.15, -0.1) is 0 Å². The summed E-state index contributed by atoms with van der Waals surface area (Å²) in [5, 5.41) is 0. The van der Waals surface area contributed by atoms with E-state index in [4.69, 9.17) is 14.2 Å². The minimum atomic E-state index is -0.423. The van der Waals surface area contributed by atoms with E-state index in [9.17, 15) is 4.79 Å². The van der Waals surface area contributed by atoms with Crippen molar-refractivity contribution in [1.82, 2.24) is 4.90 Å². The van der Waals surface area contributed by atoms with Crippen LogP contribution in [0.4, 0.5) is 4.79 Å². The number of ether oxygens (including phenoxy) is 3. The van der Waals surface area contributed by atoms with Crippen molar-refractivity contribution in [3.8, 4) is 0 Å². The van der Waals surface area contributed by atoms with Crippen molar-refractivity contribution in [2.24, 2.45) is 5.92 Å². The van der Waals surface area contributed by atoms with Gasteiger partial charge in [0.1, 0.15) is 11.7 Å². The zero-order chi connectivity index (χ0) is 14.0. The van der Waals surface area contributed by atoms with Crippen molar-refractivity contribution in [3.63, 3.8) is 0 Å². The van der Waals surface area contributed by atoms with Gasteiger partial charge in [-0.2, -0.15) is 0 Å². The van der Waals surface area contributed by atoms with Gasteiger partial charge in [-0.1, -0.05) is 0 Å². The number of epoxide rings is 1. The summed E-state index contributed by atoms with van der Waals surface area (Å²) in [7, 11) is 0. The maximum absolute atomic E-state index is 11.9. The number of nitrogens with zero attached hydrogens (tertiary/aromatic N) is 1. The number of piperidine rings is 1. The quantitative estimate of drug-likeness (QED) is 0.740. The number of carbonyl (C=O) groups is 1. The minimum Gasteiger partial charge on any atom is -0.444 e. The van der Waals surface area contributed by atoms with Gasteiger partial charge >= 0.3 is 6.09 Å². The number of amides is 1. The van der Waals surface area contributed by atoms with E-state index in [-0.39, 0.29) is 18.5 Å². The zero-order valence-corrected chi connectivity index (χ0v) is 12.3. The maximum atomic E-state index is 11.9. The molecule has 0 radical (unpaired) electrons. The summed E-state index contributed by atoms with van der Waals surface area (Å²) in [6, 6.07) is 0. The van der Waals surface area contributed by atoms with Gasteiger partial charge in [-0.25, -0.2) is 4.79 Å². The Balaban J connectivity index is 1.72. The molecule has 0 bridgehead atoms. The first kappa shape index (κ1) is 14.6. The van der Waals surface area contributed by atoms with Crippen LogP contribution in [0.3, 0.4) is 0 Å². The third-order valence-corrected chi connectivity index (χ3v) is 3.47. The summed E-state index contributed by atoms with van der Waals surface area (Å²) in [5.41, 5.74) is -0.423. The lowest BCUT2D eigenvalue weighted by Gasteiger charge is -2.32. The molecule has 2 aliphatic heterocycles. The van der Waals surface area contributed by atoms with E-state index in [1.807, 2.05) is 27.7 Å². The minimum absolute atomic E-state index is 0.0110. The van der Waals surface area contributed by atoms with Crippen LogP contribution in [-0.2, 0) is 14.2 Å². The standard InChI is InChI=1S/C14H25NO4/c1-5-17-12-11(18-12)10-6-8-15(9-7-10)13(16)19-14(2,3)4/h10-12H,5-9H2,1-4H3. The van der Waals surface area contributed by atoms with Crippen molar-refractivity contribution < 1.29 is 19.0 Å². The van der Waals surface area contributed by atoms with Crippen LogP contribution in [0.1, 0.15) is 40.5 Å². The van der Waals surface area contributed by atoms with Gasteiger partial charge in [-0.05, 0) is 46.5 Å². The predicted octanol–water partition coefficient (Wildman–Crippen LogP) is 2.39. The van der Waals surface area contributed by atoms with E-state index in [1.54, 1.807) is 4.90 Å². The summed E-state index contributed by atoms with van der Waals surface area (Å²) in [5.74, 6) is 0.509.